The predicted molar refractivity (Wildman–Crippen MR) is 74.2 cm³/mol. The summed E-state index contributed by atoms with van der Waals surface area (Å²) < 4.78 is 0. The van der Waals surface area contributed by atoms with Crippen molar-refractivity contribution in [2.45, 2.75) is 12.8 Å². The smallest absolute Gasteiger partial charge is 0.191 e. The van der Waals surface area contributed by atoms with Crippen molar-refractivity contribution in [3.05, 3.63) is 16.6 Å². The third-order valence-electron chi connectivity index (χ3n) is 2.01. The lowest BCUT2D eigenvalue weighted by molar-refractivity contribution is 0.700. The van der Waals surface area contributed by atoms with Gasteiger partial charge in [-0.1, -0.05) is 0 Å². The Labute approximate surface area is 111 Å². The van der Waals surface area contributed by atoms with Crippen LogP contribution in [0.4, 0.5) is 0 Å². The molecule has 15 heavy (non-hydrogen) atoms. The Balaban J connectivity index is 0.00000112. The Morgan fingerprint density at radius 1 is 1.53 bits per heavy atom. The molecule has 0 saturated carbocycles. The van der Waals surface area contributed by atoms with E-state index in [1.54, 1.807) is 11.3 Å². The first-order valence-electron chi connectivity index (χ1n) is 4.86. The molecule has 0 spiro atoms. The lowest BCUT2D eigenvalue weighted by Gasteiger charge is -2.15. The number of thiazole rings is 1. The van der Waals surface area contributed by atoms with Crippen molar-refractivity contribution in [3.63, 3.8) is 0 Å². The molecule has 0 fully saturated rings. The van der Waals surface area contributed by atoms with Gasteiger partial charge >= 0.3 is 0 Å². The van der Waals surface area contributed by atoms with E-state index >= 15 is 0 Å². The van der Waals surface area contributed by atoms with Crippen LogP contribution in [0.3, 0.4) is 0 Å². The summed E-state index contributed by atoms with van der Waals surface area (Å²) in [6.45, 7) is 2.87. The fourth-order valence-corrected chi connectivity index (χ4v) is 1.94. The molecule has 1 aromatic heterocycles. The molecule has 1 aliphatic rings. The number of nitrogens with one attached hydrogen (secondary N) is 2. The van der Waals surface area contributed by atoms with E-state index in [1.807, 2.05) is 11.6 Å². The number of aliphatic imine (C=N–C) groups is 1. The van der Waals surface area contributed by atoms with E-state index in [1.165, 1.54) is 5.01 Å². The van der Waals surface area contributed by atoms with Gasteiger partial charge in [0.05, 0.1) is 5.01 Å². The molecule has 2 heterocycles. The first-order valence-corrected chi connectivity index (χ1v) is 5.74. The van der Waals surface area contributed by atoms with Gasteiger partial charge in [-0.3, -0.25) is 4.99 Å². The second-order valence-electron chi connectivity index (χ2n) is 3.11. The number of hydrogen-bond donors (Lipinski definition) is 2. The van der Waals surface area contributed by atoms with Gasteiger partial charge in [0.15, 0.2) is 5.96 Å². The predicted octanol–water partition coefficient (Wildman–Crippen LogP) is 1.24. The molecule has 0 amide bonds. The van der Waals surface area contributed by atoms with Crippen LogP contribution in [0.2, 0.25) is 0 Å². The van der Waals surface area contributed by atoms with Crippen LogP contribution in [-0.4, -0.2) is 30.6 Å². The molecule has 0 saturated heterocycles. The lowest BCUT2D eigenvalue weighted by Crippen LogP contribution is -2.41. The monoisotopic (exact) mass is 338 g/mol. The molecular weight excluding hydrogens is 323 g/mol. The number of hydrogen-bond acceptors (Lipinski definition) is 5. The van der Waals surface area contributed by atoms with Gasteiger partial charge in [0.25, 0.3) is 0 Å². The molecule has 1 aliphatic heterocycles. The molecule has 0 atom stereocenters. The minimum absolute atomic E-state index is 0. The number of aromatic nitrogens is 1. The van der Waals surface area contributed by atoms with Crippen LogP contribution in [0.5, 0.6) is 0 Å². The number of halogens is 1. The Kier molecular flexibility index (Phi) is 5.92. The maximum atomic E-state index is 4.33. The highest BCUT2D eigenvalue weighted by Crippen LogP contribution is 2.03. The van der Waals surface area contributed by atoms with Crippen molar-refractivity contribution in [3.8, 4) is 0 Å². The van der Waals surface area contributed by atoms with Gasteiger partial charge in [-0.2, -0.15) is 0 Å². The number of guanidine groups is 1. The Morgan fingerprint density at radius 2 is 2.47 bits per heavy atom. The molecule has 0 bridgehead atoms. The Bertz CT molecular complexity index is 299. The third-order valence-corrected chi connectivity index (χ3v) is 2.85. The summed E-state index contributed by atoms with van der Waals surface area (Å²) in [5.41, 5.74) is 0. The van der Waals surface area contributed by atoms with Gasteiger partial charge in [-0.05, 0) is 6.42 Å². The Morgan fingerprint density at radius 3 is 3.13 bits per heavy atom. The highest BCUT2D eigenvalue weighted by atomic mass is 127. The molecule has 4 nitrogen and oxygen atoms in total. The molecule has 0 aromatic carbocycles. The van der Waals surface area contributed by atoms with Gasteiger partial charge in [0, 0.05) is 37.6 Å². The van der Waals surface area contributed by atoms with Crippen LogP contribution in [0, 0.1) is 0 Å². The average Bonchev–Trinajstić information content (AvgIpc) is 2.72. The van der Waals surface area contributed by atoms with Crippen molar-refractivity contribution in [1.82, 2.24) is 15.6 Å². The summed E-state index contributed by atoms with van der Waals surface area (Å²) in [5.74, 6) is 0.938. The second kappa shape index (κ2) is 7.00. The topological polar surface area (TPSA) is 49.3 Å². The normalized spacial score (nSPS) is 14.8. The summed E-state index contributed by atoms with van der Waals surface area (Å²) in [6, 6.07) is 0. The van der Waals surface area contributed by atoms with Crippen LogP contribution in [0.1, 0.15) is 11.4 Å². The third kappa shape index (κ3) is 4.33. The van der Waals surface area contributed by atoms with Crippen LogP contribution in [-0.2, 0) is 6.42 Å². The number of rotatable bonds is 3. The molecule has 0 aliphatic carbocycles. The summed E-state index contributed by atoms with van der Waals surface area (Å²) in [6.07, 6.45) is 3.95. The van der Waals surface area contributed by atoms with E-state index in [9.17, 15) is 0 Å². The molecule has 0 radical (unpaired) electrons. The highest BCUT2D eigenvalue weighted by Gasteiger charge is 2.02. The van der Waals surface area contributed by atoms with E-state index in [4.69, 9.17) is 0 Å². The quantitative estimate of drug-likeness (QED) is 0.816. The zero-order chi connectivity index (χ0) is 9.64. The second-order valence-corrected chi connectivity index (χ2v) is 4.09. The van der Waals surface area contributed by atoms with E-state index in [-0.39, 0.29) is 24.0 Å². The Hall–Kier alpha value is -0.370. The van der Waals surface area contributed by atoms with E-state index in [0.717, 1.165) is 38.4 Å². The molecule has 84 valence electrons. The SMILES string of the molecule is I.c1csc(CCNC2=NCCCN2)n1. The summed E-state index contributed by atoms with van der Waals surface area (Å²) in [7, 11) is 0. The highest BCUT2D eigenvalue weighted by molar-refractivity contribution is 14.0. The zero-order valence-corrected chi connectivity index (χ0v) is 11.5. The average molecular weight is 338 g/mol. The van der Waals surface area contributed by atoms with Gasteiger partial charge in [-0.15, -0.1) is 35.3 Å². The van der Waals surface area contributed by atoms with Crippen molar-refractivity contribution in [1.29, 1.82) is 0 Å². The maximum absolute atomic E-state index is 4.33. The summed E-state index contributed by atoms with van der Waals surface area (Å²) in [5, 5.41) is 9.67. The largest absolute Gasteiger partial charge is 0.356 e. The fraction of sp³-hybridized carbons (Fsp3) is 0.556. The van der Waals surface area contributed by atoms with Crippen LogP contribution in [0.25, 0.3) is 0 Å². The van der Waals surface area contributed by atoms with E-state index < -0.39 is 0 Å². The number of nitrogens with zero attached hydrogens (tertiary/aromatic N) is 2. The van der Waals surface area contributed by atoms with Crippen molar-refractivity contribution >= 4 is 41.3 Å². The van der Waals surface area contributed by atoms with Crippen LogP contribution < -0.4 is 10.6 Å². The summed E-state index contributed by atoms with van der Waals surface area (Å²) >= 11 is 1.70. The van der Waals surface area contributed by atoms with Crippen molar-refractivity contribution < 1.29 is 0 Å². The molecule has 2 N–H and O–H groups in total. The fourth-order valence-electron chi connectivity index (χ4n) is 1.32. The molecular formula is C9H15IN4S. The minimum atomic E-state index is 0. The zero-order valence-electron chi connectivity index (χ0n) is 8.40. The van der Waals surface area contributed by atoms with Crippen LogP contribution in [0.15, 0.2) is 16.6 Å². The summed E-state index contributed by atoms with van der Waals surface area (Å²) in [4.78, 5) is 8.54. The molecule has 1 aromatic rings. The van der Waals surface area contributed by atoms with Crippen molar-refractivity contribution in [2.75, 3.05) is 19.6 Å². The molecule has 6 heteroatoms. The van der Waals surface area contributed by atoms with Gasteiger partial charge in [-0.25, -0.2) is 4.98 Å². The van der Waals surface area contributed by atoms with E-state index in [2.05, 4.69) is 20.6 Å². The maximum Gasteiger partial charge on any atom is 0.191 e. The van der Waals surface area contributed by atoms with Gasteiger partial charge < -0.3 is 10.6 Å². The first-order chi connectivity index (χ1) is 6.95. The lowest BCUT2D eigenvalue weighted by atomic mass is 10.4. The minimum Gasteiger partial charge on any atom is -0.356 e. The molecule has 0 unspecified atom stereocenters. The van der Waals surface area contributed by atoms with E-state index in [0.29, 0.717) is 0 Å². The van der Waals surface area contributed by atoms with Crippen LogP contribution >= 0.6 is 35.3 Å². The first kappa shape index (κ1) is 12.7. The van der Waals surface area contributed by atoms with Gasteiger partial charge in [0.2, 0.25) is 0 Å². The van der Waals surface area contributed by atoms with Crippen molar-refractivity contribution in [2.24, 2.45) is 4.99 Å². The van der Waals surface area contributed by atoms with Gasteiger partial charge in [0.1, 0.15) is 0 Å². The standard InChI is InChI=1S/C9H14N4S.HI/c1-3-11-9(12-4-1)13-5-2-8-10-6-7-14-8;/h6-7H,1-5H2,(H2,11,12,13);1H. The molecule has 2 rings (SSSR count).